The van der Waals surface area contributed by atoms with Crippen LogP contribution in [0.5, 0.6) is 0 Å². The highest BCUT2D eigenvalue weighted by atomic mass is 127. The summed E-state index contributed by atoms with van der Waals surface area (Å²) in [7, 11) is 1.67. The molecule has 0 fully saturated rings. The Morgan fingerprint density at radius 1 is 1.07 bits per heavy atom. The van der Waals surface area contributed by atoms with Gasteiger partial charge in [-0.25, -0.2) is 4.39 Å². The molecule has 0 aliphatic carbocycles. The summed E-state index contributed by atoms with van der Waals surface area (Å²) in [5.41, 5.74) is 2.36. The second kappa shape index (κ2) is 12.3. The average Bonchev–Trinajstić information content (AvgIpc) is 2.62. The van der Waals surface area contributed by atoms with E-state index in [1.54, 1.807) is 25.2 Å². The van der Waals surface area contributed by atoms with Gasteiger partial charge in [0, 0.05) is 37.8 Å². The van der Waals surface area contributed by atoms with E-state index < -0.39 is 0 Å². The Morgan fingerprint density at radius 3 is 2.46 bits per heavy atom. The van der Waals surface area contributed by atoms with Crippen molar-refractivity contribution in [2.75, 3.05) is 12.4 Å². The van der Waals surface area contributed by atoms with Crippen molar-refractivity contribution in [1.29, 1.82) is 0 Å². The molecule has 0 aromatic heterocycles. The van der Waals surface area contributed by atoms with Gasteiger partial charge in [0.1, 0.15) is 5.82 Å². The third kappa shape index (κ3) is 8.24. The van der Waals surface area contributed by atoms with Crippen LogP contribution in [0.4, 0.5) is 10.1 Å². The van der Waals surface area contributed by atoms with E-state index >= 15 is 0 Å². The van der Waals surface area contributed by atoms with Crippen molar-refractivity contribution in [2.45, 2.75) is 33.4 Å². The molecule has 2 aromatic rings. The lowest BCUT2D eigenvalue weighted by Gasteiger charge is -2.13. The van der Waals surface area contributed by atoms with Crippen LogP contribution in [-0.4, -0.2) is 18.9 Å². The van der Waals surface area contributed by atoms with Crippen molar-refractivity contribution in [2.24, 2.45) is 10.9 Å². The van der Waals surface area contributed by atoms with Gasteiger partial charge in [0.15, 0.2) is 5.96 Å². The number of guanidine groups is 1. The second-order valence-electron chi connectivity index (χ2n) is 6.72. The number of carbonyl (C=O) groups is 1. The minimum Gasteiger partial charge on any atom is -0.352 e. The fourth-order valence-corrected chi connectivity index (χ4v) is 2.57. The van der Waals surface area contributed by atoms with E-state index in [0.29, 0.717) is 37.0 Å². The fourth-order valence-electron chi connectivity index (χ4n) is 2.57. The molecule has 0 heterocycles. The van der Waals surface area contributed by atoms with Crippen molar-refractivity contribution >= 4 is 41.5 Å². The Hall–Kier alpha value is -2.16. The predicted octanol–water partition coefficient (Wildman–Crippen LogP) is 4.29. The molecule has 0 spiro atoms. The minimum absolute atomic E-state index is 0. The standard InChI is InChI=1S/C21H27FN4O.HI/c1-15(2)11-20(27)26-18-9-6-7-16(12-18)13-24-21(23-3)25-14-17-8-4-5-10-19(17)22;/h4-10,12,15H,11,13-14H2,1-3H3,(H,26,27)(H2,23,24,25);1H. The van der Waals surface area contributed by atoms with Crippen molar-refractivity contribution in [1.82, 2.24) is 10.6 Å². The van der Waals surface area contributed by atoms with Gasteiger partial charge in [-0.2, -0.15) is 0 Å². The normalized spacial score (nSPS) is 11.0. The quantitative estimate of drug-likeness (QED) is 0.303. The molecule has 0 saturated carbocycles. The first-order valence-corrected chi connectivity index (χ1v) is 9.04. The van der Waals surface area contributed by atoms with Crippen molar-refractivity contribution < 1.29 is 9.18 Å². The maximum absolute atomic E-state index is 13.7. The molecule has 2 aromatic carbocycles. The van der Waals surface area contributed by atoms with Crippen LogP contribution in [0.25, 0.3) is 0 Å². The van der Waals surface area contributed by atoms with Crippen LogP contribution >= 0.6 is 24.0 Å². The van der Waals surface area contributed by atoms with E-state index in [9.17, 15) is 9.18 Å². The summed E-state index contributed by atoms with van der Waals surface area (Å²) in [5.74, 6) is 0.661. The molecular weight excluding hydrogens is 470 g/mol. The lowest BCUT2D eigenvalue weighted by Crippen LogP contribution is -2.36. The molecule has 0 bridgehead atoms. The van der Waals surface area contributed by atoms with Gasteiger partial charge in [-0.15, -0.1) is 24.0 Å². The second-order valence-corrected chi connectivity index (χ2v) is 6.72. The molecule has 2 rings (SSSR count). The van der Waals surface area contributed by atoms with Crippen LogP contribution in [0, 0.1) is 11.7 Å². The number of hydrogen-bond donors (Lipinski definition) is 3. The van der Waals surface area contributed by atoms with Gasteiger partial charge in [-0.3, -0.25) is 9.79 Å². The summed E-state index contributed by atoms with van der Waals surface area (Å²) in [6, 6.07) is 14.3. The van der Waals surface area contributed by atoms with Crippen LogP contribution in [0.1, 0.15) is 31.4 Å². The molecule has 3 N–H and O–H groups in total. The number of carbonyl (C=O) groups excluding carboxylic acids is 1. The predicted molar refractivity (Wildman–Crippen MR) is 123 cm³/mol. The maximum atomic E-state index is 13.7. The minimum atomic E-state index is -0.245. The van der Waals surface area contributed by atoms with Crippen LogP contribution in [0.3, 0.4) is 0 Å². The zero-order chi connectivity index (χ0) is 19.6. The summed E-state index contributed by atoms with van der Waals surface area (Å²) in [6.07, 6.45) is 0.495. The van der Waals surface area contributed by atoms with Crippen LogP contribution in [0.15, 0.2) is 53.5 Å². The first-order valence-electron chi connectivity index (χ1n) is 9.04. The largest absolute Gasteiger partial charge is 0.352 e. The van der Waals surface area contributed by atoms with Crippen molar-refractivity contribution in [3.8, 4) is 0 Å². The van der Waals surface area contributed by atoms with Gasteiger partial charge in [0.05, 0.1) is 0 Å². The fraction of sp³-hybridized carbons (Fsp3) is 0.333. The summed E-state index contributed by atoms with van der Waals surface area (Å²) in [6.45, 7) is 4.90. The molecule has 1 amide bonds. The molecule has 0 radical (unpaired) electrons. The molecular formula is C21H28FIN4O. The SMILES string of the molecule is CN=C(NCc1cccc(NC(=O)CC(C)C)c1)NCc1ccccc1F.I. The van der Waals surface area contributed by atoms with E-state index in [1.807, 2.05) is 38.1 Å². The first kappa shape index (κ1) is 23.9. The van der Waals surface area contributed by atoms with E-state index in [4.69, 9.17) is 0 Å². The number of nitrogens with one attached hydrogen (secondary N) is 3. The third-order valence-corrected chi connectivity index (χ3v) is 3.89. The number of rotatable bonds is 7. The molecule has 5 nitrogen and oxygen atoms in total. The number of nitrogens with zero attached hydrogens (tertiary/aromatic N) is 1. The molecule has 0 unspecified atom stereocenters. The zero-order valence-electron chi connectivity index (χ0n) is 16.5. The molecule has 0 atom stereocenters. The number of hydrogen-bond acceptors (Lipinski definition) is 2. The van der Waals surface area contributed by atoms with E-state index in [2.05, 4.69) is 20.9 Å². The number of aliphatic imine (C=N–C) groups is 1. The Morgan fingerprint density at radius 2 is 1.79 bits per heavy atom. The van der Waals surface area contributed by atoms with Crippen molar-refractivity contribution in [3.05, 3.63) is 65.5 Å². The van der Waals surface area contributed by atoms with Gasteiger partial charge in [0.2, 0.25) is 5.91 Å². The van der Waals surface area contributed by atoms with E-state index in [0.717, 1.165) is 11.3 Å². The highest BCUT2D eigenvalue weighted by Crippen LogP contribution is 2.12. The molecule has 0 aliphatic rings. The average molecular weight is 498 g/mol. The summed E-state index contributed by atoms with van der Waals surface area (Å²) in [5, 5.41) is 9.20. The van der Waals surface area contributed by atoms with Gasteiger partial charge in [-0.1, -0.05) is 44.2 Å². The molecule has 7 heteroatoms. The lowest BCUT2D eigenvalue weighted by molar-refractivity contribution is -0.116. The van der Waals surface area contributed by atoms with Crippen LogP contribution in [0.2, 0.25) is 0 Å². The number of anilines is 1. The smallest absolute Gasteiger partial charge is 0.224 e. The Bertz CT molecular complexity index is 795. The zero-order valence-corrected chi connectivity index (χ0v) is 18.8. The molecule has 152 valence electrons. The third-order valence-electron chi connectivity index (χ3n) is 3.89. The molecule has 0 saturated heterocycles. The van der Waals surface area contributed by atoms with Crippen molar-refractivity contribution in [3.63, 3.8) is 0 Å². The highest BCUT2D eigenvalue weighted by molar-refractivity contribution is 14.0. The van der Waals surface area contributed by atoms with Gasteiger partial charge in [0.25, 0.3) is 0 Å². The van der Waals surface area contributed by atoms with Crippen LogP contribution < -0.4 is 16.0 Å². The summed E-state index contributed by atoms with van der Waals surface area (Å²) < 4.78 is 13.7. The molecule has 0 aliphatic heterocycles. The maximum Gasteiger partial charge on any atom is 0.224 e. The summed E-state index contributed by atoms with van der Waals surface area (Å²) in [4.78, 5) is 16.1. The number of amides is 1. The highest BCUT2D eigenvalue weighted by Gasteiger charge is 2.06. The summed E-state index contributed by atoms with van der Waals surface area (Å²) >= 11 is 0. The Kier molecular flexibility index (Phi) is 10.5. The monoisotopic (exact) mass is 498 g/mol. The van der Waals surface area contributed by atoms with E-state index in [1.165, 1.54) is 6.07 Å². The van der Waals surface area contributed by atoms with Gasteiger partial charge in [-0.05, 0) is 29.7 Å². The number of benzene rings is 2. The van der Waals surface area contributed by atoms with Gasteiger partial charge >= 0.3 is 0 Å². The van der Waals surface area contributed by atoms with Gasteiger partial charge < -0.3 is 16.0 Å². The topological polar surface area (TPSA) is 65.5 Å². The molecule has 28 heavy (non-hydrogen) atoms. The Balaban J connectivity index is 0.00000392. The van der Waals surface area contributed by atoms with E-state index in [-0.39, 0.29) is 35.7 Å². The first-order chi connectivity index (χ1) is 13.0. The number of halogens is 2. The van der Waals surface area contributed by atoms with Crippen LogP contribution in [-0.2, 0) is 17.9 Å². The lowest BCUT2D eigenvalue weighted by atomic mass is 10.1. The Labute approximate surface area is 183 Å².